The highest BCUT2D eigenvalue weighted by Crippen LogP contribution is 2.42. The van der Waals surface area contributed by atoms with Gasteiger partial charge in [-0.3, -0.25) is 4.79 Å². The lowest BCUT2D eigenvalue weighted by molar-refractivity contribution is -0.123. The van der Waals surface area contributed by atoms with Crippen molar-refractivity contribution >= 4 is 5.78 Å². The molecule has 0 aromatic carbocycles. The maximum absolute atomic E-state index is 12.9. The molecule has 0 amide bonds. The van der Waals surface area contributed by atoms with Gasteiger partial charge in [0, 0.05) is 12.3 Å². The second-order valence-corrected chi connectivity index (χ2v) is 12.1. The number of carbonyl (C=O) groups is 1. The normalized spacial score (nSPS) is 37.3. The SMILES string of the molecule is CC1C=C(C2CCC(CCCCC(=O)C3CCCC4CCCCC4C3)CC2)CCCC1. The molecule has 1 nitrogen and oxygen atoms in total. The van der Waals surface area contributed by atoms with E-state index >= 15 is 0 Å². The Morgan fingerprint density at radius 3 is 2.39 bits per heavy atom. The van der Waals surface area contributed by atoms with Gasteiger partial charge in [0.25, 0.3) is 0 Å². The van der Waals surface area contributed by atoms with Crippen LogP contribution >= 0.6 is 0 Å². The lowest BCUT2D eigenvalue weighted by Crippen LogP contribution is -2.22. The van der Waals surface area contributed by atoms with Crippen LogP contribution in [-0.2, 0) is 4.79 Å². The zero-order valence-corrected chi connectivity index (χ0v) is 20.6. The number of ketones is 1. The van der Waals surface area contributed by atoms with E-state index < -0.39 is 0 Å². The van der Waals surface area contributed by atoms with Crippen LogP contribution in [0.1, 0.15) is 135 Å². The highest BCUT2D eigenvalue weighted by atomic mass is 16.1. The summed E-state index contributed by atoms with van der Waals surface area (Å²) in [5, 5.41) is 0. The molecule has 0 aromatic rings. The molecule has 4 aliphatic rings. The highest BCUT2D eigenvalue weighted by Gasteiger charge is 2.32. The van der Waals surface area contributed by atoms with Gasteiger partial charge >= 0.3 is 0 Å². The molecule has 4 unspecified atom stereocenters. The molecule has 0 heterocycles. The van der Waals surface area contributed by atoms with E-state index in [9.17, 15) is 4.79 Å². The van der Waals surface area contributed by atoms with Crippen LogP contribution in [-0.4, -0.2) is 5.78 Å². The van der Waals surface area contributed by atoms with Crippen LogP contribution in [0.5, 0.6) is 0 Å². The third-order valence-corrected chi connectivity index (χ3v) is 9.77. The summed E-state index contributed by atoms with van der Waals surface area (Å²) < 4.78 is 0. The third kappa shape index (κ3) is 6.94. The minimum atomic E-state index is 0.416. The summed E-state index contributed by atoms with van der Waals surface area (Å²) in [7, 11) is 0. The average Bonchev–Trinajstić information content (AvgIpc) is 3.15. The molecule has 4 atom stereocenters. The number of hydrogen-bond acceptors (Lipinski definition) is 1. The van der Waals surface area contributed by atoms with E-state index in [1.165, 1.54) is 116 Å². The fraction of sp³-hybridized carbons (Fsp3) is 0.900. The first-order valence-corrected chi connectivity index (χ1v) is 14.4. The van der Waals surface area contributed by atoms with Crippen molar-refractivity contribution in [2.45, 2.75) is 135 Å². The zero-order valence-electron chi connectivity index (χ0n) is 20.6. The van der Waals surface area contributed by atoms with E-state index in [1.807, 2.05) is 5.57 Å². The van der Waals surface area contributed by atoms with Crippen LogP contribution in [0.15, 0.2) is 11.6 Å². The number of hydrogen-bond donors (Lipinski definition) is 0. The molecule has 3 saturated carbocycles. The average molecular weight is 427 g/mol. The van der Waals surface area contributed by atoms with E-state index in [-0.39, 0.29) is 0 Å². The first-order valence-electron chi connectivity index (χ1n) is 14.4. The summed E-state index contributed by atoms with van der Waals surface area (Å²) in [4.78, 5) is 12.9. The van der Waals surface area contributed by atoms with E-state index in [0.717, 1.165) is 42.4 Å². The Balaban J connectivity index is 1.12. The smallest absolute Gasteiger partial charge is 0.135 e. The molecular formula is C30H50O. The molecule has 4 aliphatic carbocycles. The molecule has 0 N–H and O–H groups in total. The molecule has 0 aromatic heterocycles. The molecule has 31 heavy (non-hydrogen) atoms. The van der Waals surface area contributed by atoms with E-state index in [0.29, 0.717) is 11.7 Å². The van der Waals surface area contributed by atoms with Crippen molar-refractivity contribution in [3.63, 3.8) is 0 Å². The lowest BCUT2D eigenvalue weighted by atomic mass is 9.74. The topological polar surface area (TPSA) is 17.1 Å². The van der Waals surface area contributed by atoms with Crippen molar-refractivity contribution in [3.8, 4) is 0 Å². The molecule has 0 saturated heterocycles. The molecule has 0 radical (unpaired) electrons. The van der Waals surface area contributed by atoms with Gasteiger partial charge in [0.1, 0.15) is 5.78 Å². The van der Waals surface area contributed by atoms with Crippen LogP contribution in [0.4, 0.5) is 0 Å². The van der Waals surface area contributed by atoms with Gasteiger partial charge in [-0.1, -0.05) is 76.4 Å². The third-order valence-electron chi connectivity index (χ3n) is 9.77. The quantitative estimate of drug-likeness (QED) is 0.293. The van der Waals surface area contributed by atoms with Crippen LogP contribution in [0, 0.1) is 35.5 Å². The molecule has 1 heteroatoms. The molecule has 0 spiro atoms. The van der Waals surface area contributed by atoms with Gasteiger partial charge in [-0.25, -0.2) is 0 Å². The molecule has 0 aliphatic heterocycles. The zero-order chi connectivity index (χ0) is 21.5. The predicted octanol–water partition coefficient (Wildman–Crippen LogP) is 9.06. The largest absolute Gasteiger partial charge is 0.299 e. The van der Waals surface area contributed by atoms with Crippen molar-refractivity contribution in [1.82, 2.24) is 0 Å². The van der Waals surface area contributed by atoms with Gasteiger partial charge in [0.2, 0.25) is 0 Å². The Kier molecular flexibility index (Phi) is 9.15. The maximum Gasteiger partial charge on any atom is 0.135 e. The second-order valence-electron chi connectivity index (χ2n) is 12.1. The maximum atomic E-state index is 12.9. The molecular weight excluding hydrogens is 376 g/mol. The minimum Gasteiger partial charge on any atom is -0.299 e. The summed E-state index contributed by atoms with van der Waals surface area (Å²) in [5.74, 6) is 5.53. The number of rotatable bonds is 7. The minimum absolute atomic E-state index is 0.416. The first kappa shape index (κ1) is 23.6. The monoisotopic (exact) mass is 426 g/mol. The van der Waals surface area contributed by atoms with Crippen LogP contribution in [0.2, 0.25) is 0 Å². The van der Waals surface area contributed by atoms with E-state index in [1.54, 1.807) is 0 Å². The van der Waals surface area contributed by atoms with Crippen molar-refractivity contribution in [2.24, 2.45) is 35.5 Å². The molecule has 3 fully saturated rings. The van der Waals surface area contributed by atoms with Gasteiger partial charge in [-0.15, -0.1) is 0 Å². The Bertz CT molecular complexity index is 581. The number of allylic oxidation sites excluding steroid dienone is 2. The Morgan fingerprint density at radius 1 is 0.806 bits per heavy atom. The Hall–Kier alpha value is -0.590. The molecule has 4 rings (SSSR count). The van der Waals surface area contributed by atoms with Crippen LogP contribution in [0.3, 0.4) is 0 Å². The summed E-state index contributed by atoms with van der Waals surface area (Å²) in [6.07, 6.45) is 29.6. The van der Waals surface area contributed by atoms with Crippen molar-refractivity contribution in [1.29, 1.82) is 0 Å². The van der Waals surface area contributed by atoms with E-state index in [2.05, 4.69) is 13.0 Å². The van der Waals surface area contributed by atoms with Gasteiger partial charge in [-0.2, -0.15) is 0 Å². The molecule has 0 bridgehead atoms. The summed E-state index contributed by atoms with van der Waals surface area (Å²) in [6.45, 7) is 2.42. The standard InChI is InChI=1S/C30H50O/c1-23-9-2-4-12-27(21-23)26-19-17-24(18-20-26)10-3-7-16-30(31)29-15-8-14-25-11-5-6-13-28(25)22-29/h21,23-26,28-29H,2-20,22H2,1H3. The number of fused-ring (bicyclic) bond motifs is 1. The summed E-state index contributed by atoms with van der Waals surface area (Å²) in [5.41, 5.74) is 1.82. The first-order chi connectivity index (χ1) is 15.2. The van der Waals surface area contributed by atoms with Crippen LogP contribution < -0.4 is 0 Å². The second kappa shape index (κ2) is 12.0. The summed E-state index contributed by atoms with van der Waals surface area (Å²) in [6, 6.07) is 0. The van der Waals surface area contributed by atoms with Gasteiger partial charge < -0.3 is 0 Å². The number of unbranched alkanes of at least 4 members (excludes halogenated alkanes) is 1. The highest BCUT2D eigenvalue weighted by molar-refractivity contribution is 5.81. The van der Waals surface area contributed by atoms with E-state index in [4.69, 9.17) is 0 Å². The van der Waals surface area contributed by atoms with Gasteiger partial charge in [0.05, 0.1) is 0 Å². The summed E-state index contributed by atoms with van der Waals surface area (Å²) >= 11 is 0. The van der Waals surface area contributed by atoms with Crippen LogP contribution in [0.25, 0.3) is 0 Å². The fourth-order valence-electron chi connectivity index (χ4n) is 7.80. The van der Waals surface area contributed by atoms with Crippen molar-refractivity contribution < 1.29 is 4.79 Å². The number of carbonyl (C=O) groups excluding carboxylic acids is 1. The number of Topliss-reactive ketones (excluding diaryl/α,β-unsaturated/α-hetero) is 1. The Labute approximate surface area is 193 Å². The van der Waals surface area contributed by atoms with Crippen molar-refractivity contribution in [2.75, 3.05) is 0 Å². The molecule has 176 valence electrons. The lowest BCUT2D eigenvalue weighted by Gasteiger charge is -2.31. The predicted molar refractivity (Wildman–Crippen MR) is 132 cm³/mol. The van der Waals surface area contributed by atoms with Gasteiger partial charge in [0.15, 0.2) is 0 Å². The Morgan fingerprint density at radius 2 is 1.55 bits per heavy atom. The van der Waals surface area contributed by atoms with Gasteiger partial charge in [-0.05, 0) is 93.8 Å². The van der Waals surface area contributed by atoms with Crippen molar-refractivity contribution in [3.05, 3.63) is 11.6 Å². The fourth-order valence-corrected chi connectivity index (χ4v) is 7.80.